The van der Waals surface area contributed by atoms with Crippen LogP contribution in [0.15, 0.2) is 72.3 Å². The highest BCUT2D eigenvalue weighted by Crippen LogP contribution is 2.43. The summed E-state index contributed by atoms with van der Waals surface area (Å²) in [5, 5.41) is 11.5. The molecule has 202 valence electrons. The number of hydrogen-bond donors (Lipinski definition) is 1. The highest BCUT2D eigenvalue weighted by molar-refractivity contribution is 6.51. The van der Waals surface area contributed by atoms with Crippen LogP contribution in [0.4, 0.5) is 5.69 Å². The monoisotopic (exact) mass is 527 g/mol. The second-order valence-electron chi connectivity index (χ2n) is 10.2. The lowest BCUT2D eigenvalue weighted by molar-refractivity contribution is -0.132. The van der Waals surface area contributed by atoms with Crippen LogP contribution in [-0.4, -0.2) is 36.0 Å². The molecule has 1 aliphatic heterocycles. The van der Waals surface area contributed by atoms with Crippen LogP contribution in [0.25, 0.3) is 5.76 Å². The largest absolute Gasteiger partial charge is 0.507 e. The van der Waals surface area contributed by atoms with Gasteiger partial charge in [0.25, 0.3) is 11.7 Å². The quantitative estimate of drug-likeness (QED) is 0.167. The Balaban J connectivity index is 1.87. The number of hydrogen-bond acceptors (Lipinski definition) is 6. The standard InChI is InChI=1S/C32H33NO6/c1-18(2)25-17-23(12-15-26(25)38-6)29(34)27-28(22-9-7-8-20(5)16-22)33(31(36)30(27)35)24-13-10-21(11-14-24)32(37)39-19(3)4/h7-19,28,34H,1-6H3/b29-27-. The Morgan fingerprint density at radius 3 is 2.18 bits per heavy atom. The number of Topliss-reactive ketones (excluding diaryl/α,β-unsaturated/α-hetero) is 1. The van der Waals surface area contributed by atoms with Gasteiger partial charge in [-0.2, -0.15) is 0 Å². The number of anilines is 1. The number of amides is 1. The molecule has 1 heterocycles. The SMILES string of the molecule is COc1ccc(/C(O)=C2/C(=O)C(=O)N(c3ccc(C(=O)OC(C)C)cc3)C2c2cccc(C)c2)cc1C(C)C. The maximum absolute atomic E-state index is 13.5. The number of aliphatic hydroxyl groups excluding tert-OH is 1. The van der Waals surface area contributed by atoms with E-state index in [-0.39, 0.29) is 23.4 Å². The second-order valence-corrected chi connectivity index (χ2v) is 10.2. The number of ether oxygens (including phenoxy) is 2. The lowest BCUT2D eigenvalue weighted by atomic mass is 9.92. The fourth-order valence-corrected chi connectivity index (χ4v) is 4.78. The van der Waals surface area contributed by atoms with Crippen molar-refractivity contribution in [3.8, 4) is 5.75 Å². The van der Waals surface area contributed by atoms with E-state index < -0.39 is 23.7 Å². The van der Waals surface area contributed by atoms with E-state index in [1.54, 1.807) is 63.4 Å². The van der Waals surface area contributed by atoms with Crippen molar-refractivity contribution in [1.82, 2.24) is 0 Å². The fraction of sp³-hybridized carbons (Fsp3) is 0.281. The molecule has 3 aromatic rings. The summed E-state index contributed by atoms with van der Waals surface area (Å²) in [5.41, 5.74) is 3.65. The number of rotatable bonds is 7. The predicted molar refractivity (Wildman–Crippen MR) is 150 cm³/mol. The van der Waals surface area contributed by atoms with Crippen molar-refractivity contribution < 1.29 is 29.0 Å². The average Bonchev–Trinajstić information content (AvgIpc) is 3.17. The molecular weight excluding hydrogens is 494 g/mol. The summed E-state index contributed by atoms with van der Waals surface area (Å²) in [5.74, 6) is -1.52. The van der Waals surface area contributed by atoms with Crippen LogP contribution in [0, 0.1) is 6.92 Å². The molecule has 0 spiro atoms. The Hall–Kier alpha value is -4.39. The lowest BCUT2D eigenvalue weighted by Gasteiger charge is -2.26. The molecular formula is C32H33NO6. The molecule has 1 N–H and O–H groups in total. The van der Waals surface area contributed by atoms with E-state index in [2.05, 4.69) is 0 Å². The van der Waals surface area contributed by atoms with Gasteiger partial charge in [0, 0.05) is 11.3 Å². The number of ketones is 1. The Labute approximate surface area is 228 Å². The Bertz CT molecular complexity index is 1450. The summed E-state index contributed by atoms with van der Waals surface area (Å²) >= 11 is 0. The molecule has 1 saturated heterocycles. The summed E-state index contributed by atoms with van der Waals surface area (Å²) in [4.78, 5) is 40.7. The van der Waals surface area contributed by atoms with Crippen molar-refractivity contribution in [2.45, 2.75) is 52.7 Å². The van der Waals surface area contributed by atoms with E-state index in [0.29, 0.717) is 28.1 Å². The predicted octanol–water partition coefficient (Wildman–Crippen LogP) is 6.32. The van der Waals surface area contributed by atoms with Gasteiger partial charge in [0.15, 0.2) is 0 Å². The number of esters is 1. The van der Waals surface area contributed by atoms with Crippen LogP contribution < -0.4 is 9.64 Å². The van der Waals surface area contributed by atoms with E-state index in [4.69, 9.17) is 9.47 Å². The van der Waals surface area contributed by atoms with Crippen molar-refractivity contribution in [3.63, 3.8) is 0 Å². The van der Waals surface area contributed by atoms with E-state index >= 15 is 0 Å². The number of aryl methyl sites for hydroxylation is 1. The van der Waals surface area contributed by atoms with E-state index in [1.807, 2.05) is 45.0 Å². The smallest absolute Gasteiger partial charge is 0.338 e. The molecule has 1 aliphatic rings. The summed E-state index contributed by atoms with van der Waals surface area (Å²) in [6.45, 7) is 9.46. The van der Waals surface area contributed by atoms with Crippen molar-refractivity contribution in [1.29, 1.82) is 0 Å². The molecule has 7 heteroatoms. The molecule has 0 saturated carbocycles. The third-order valence-electron chi connectivity index (χ3n) is 6.65. The minimum atomic E-state index is -0.872. The molecule has 0 aromatic heterocycles. The molecule has 1 fully saturated rings. The van der Waals surface area contributed by atoms with Crippen LogP contribution in [0.2, 0.25) is 0 Å². The Morgan fingerprint density at radius 1 is 0.923 bits per heavy atom. The third-order valence-corrected chi connectivity index (χ3v) is 6.65. The highest BCUT2D eigenvalue weighted by atomic mass is 16.5. The second kappa shape index (κ2) is 11.2. The van der Waals surface area contributed by atoms with Gasteiger partial charge in [0.2, 0.25) is 0 Å². The number of methoxy groups -OCH3 is 1. The van der Waals surface area contributed by atoms with Crippen LogP contribution in [0.3, 0.4) is 0 Å². The van der Waals surface area contributed by atoms with E-state index in [0.717, 1.165) is 11.1 Å². The molecule has 4 rings (SSSR count). The number of carbonyl (C=O) groups is 3. The molecule has 1 amide bonds. The zero-order valence-corrected chi connectivity index (χ0v) is 23.0. The fourth-order valence-electron chi connectivity index (χ4n) is 4.78. The highest BCUT2D eigenvalue weighted by Gasteiger charge is 2.47. The van der Waals surface area contributed by atoms with Crippen molar-refractivity contribution in [2.75, 3.05) is 12.0 Å². The van der Waals surface area contributed by atoms with Crippen molar-refractivity contribution in [2.24, 2.45) is 0 Å². The average molecular weight is 528 g/mol. The topological polar surface area (TPSA) is 93.1 Å². The first-order chi connectivity index (χ1) is 18.5. The van der Waals surface area contributed by atoms with E-state index in [1.165, 1.54) is 4.90 Å². The van der Waals surface area contributed by atoms with E-state index in [9.17, 15) is 19.5 Å². The molecule has 0 bridgehead atoms. The van der Waals surface area contributed by atoms with Crippen LogP contribution in [0.1, 0.15) is 72.3 Å². The van der Waals surface area contributed by atoms with Gasteiger partial charge in [-0.3, -0.25) is 14.5 Å². The summed E-state index contributed by atoms with van der Waals surface area (Å²) in [6, 6.07) is 18.2. The van der Waals surface area contributed by atoms with Crippen LogP contribution in [-0.2, 0) is 14.3 Å². The molecule has 39 heavy (non-hydrogen) atoms. The zero-order chi connectivity index (χ0) is 28.4. The minimum absolute atomic E-state index is 0.00577. The van der Waals surface area contributed by atoms with Crippen molar-refractivity contribution >= 4 is 29.1 Å². The molecule has 0 radical (unpaired) electrons. The first kappa shape index (κ1) is 27.6. The van der Waals surface area contributed by atoms with Crippen molar-refractivity contribution in [3.05, 3.63) is 100 Å². The third kappa shape index (κ3) is 5.43. The van der Waals surface area contributed by atoms with Gasteiger partial charge >= 0.3 is 5.97 Å². The molecule has 7 nitrogen and oxygen atoms in total. The number of benzene rings is 3. The van der Waals surface area contributed by atoms with Crippen LogP contribution >= 0.6 is 0 Å². The normalized spacial score (nSPS) is 16.7. The molecule has 1 atom stereocenters. The number of carbonyl (C=O) groups excluding carboxylic acids is 3. The van der Waals surface area contributed by atoms with Gasteiger partial charge in [-0.1, -0.05) is 43.7 Å². The maximum atomic E-state index is 13.5. The van der Waals surface area contributed by atoms with Gasteiger partial charge in [0.1, 0.15) is 11.5 Å². The summed E-state index contributed by atoms with van der Waals surface area (Å²) in [7, 11) is 1.58. The minimum Gasteiger partial charge on any atom is -0.507 e. The van der Waals surface area contributed by atoms with Gasteiger partial charge in [-0.15, -0.1) is 0 Å². The van der Waals surface area contributed by atoms with Crippen LogP contribution in [0.5, 0.6) is 5.75 Å². The number of nitrogens with zero attached hydrogens (tertiary/aromatic N) is 1. The first-order valence-electron chi connectivity index (χ1n) is 12.9. The van der Waals surface area contributed by atoms with Gasteiger partial charge in [-0.25, -0.2) is 4.79 Å². The number of aliphatic hydroxyl groups is 1. The molecule has 1 unspecified atom stereocenters. The summed E-state index contributed by atoms with van der Waals surface area (Å²) in [6.07, 6.45) is -0.273. The Morgan fingerprint density at radius 2 is 1.59 bits per heavy atom. The zero-order valence-electron chi connectivity index (χ0n) is 23.0. The van der Waals surface area contributed by atoms with Gasteiger partial charge in [0.05, 0.1) is 30.4 Å². The summed E-state index contributed by atoms with van der Waals surface area (Å²) < 4.78 is 10.7. The maximum Gasteiger partial charge on any atom is 0.338 e. The molecule has 3 aromatic carbocycles. The van der Waals surface area contributed by atoms with Gasteiger partial charge in [-0.05, 0) is 80.3 Å². The first-order valence-corrected chi connectivity index (χ1v) is 12.9. The lowest BCUT2D eigenvalue weighted by Crippen LogP contribution is -2.29. The van der Waals surface area contributed by atoms with Gasteiger partial charge < -0.3 is 14.6 Å². The molecule has 0 aliphatic carbocycles. The Kier molecular flexibility index (Phi) is 7.90.